The molecule has 23 heavy (non-hydrogen) atoms. The number of piperazine rings is 1. The highest BCUT2D eigenvalue weighted by Gasteiger charge is 2.27. The van der Waals surface area contributed by atoms with Gasteiger partial charge in [-0.2, -0.15) is 0 Å². The highest BCUT2D eigenvalue weighted by molar-refractivity contribution is 6.30. The first-order chi connectivity index (χ1) is 11.2. The van der Waals surface area contributed by atoms with E-state index in [-0.39, 0.29) is 5.91 Å². The Balaban J connectivity index is 1.47. The normalized spacial score (nSPS) is 15.4. The maximum absolute atomic E-state index is 12.1. The number of nitrogens with zero attached hydrogens (tertiary/aromatic N) is 1. The van der Waals surface area contributed by atoms with E-state index in [4.69, 9.17) is 11.6 Å². The zero-order valence-corrected chi connectivity index (χ0v) is 13.6. The third-order valence-corrected chi connectivity index (χ3v) is 4.29. The summed E-state index contributed by atoms with van der Waals surface area (Å²) in [5, 5.41) is 3.59. The molecule has 1 aromatic heterocycles. The van der Waals surface area contributed by atoms with Gasteiger partial charge in [0, 0.05) is 16.8 Å². The van der Waals surface area contributed by atoms with Crippen molar-refractivity contribution in [3.8, 4) is 0 Å². The SMILES string of the molecule is O=C(C[NH+]1CCN(c2cccc[nH+]2)CC1)Nc1ccc(Cl)cc1. The smallest absolute Gasteiger partial charge is 0.279 e. The Bertz CT molecular complexity index is 639. The number of aromatic amines is 1. The van der Waals surface area contributed by atoms with Crippen molar-refractivity contribution in [1.29, 1.82) is 0 Å². The third-order valence-electron chi connectivity index (χ3n) is 4.04. The van der Waals surface area contributed by atoms with Gasteiger partial charge in [0.05, 0.1) is 6.20 Å². The number of anilines is 2. The number of hydrogen-bond acceptors (Lipinski definition) is 2. The summed E-state index contributed by atoms with van der Waals surface area (Å²) < 4.78 is 0. The molecule has 1 aliphatic rings. The minimum atomic E-state index is 0.0436. The van der Waals surface area contributed by atoms with Crippen LogP contribution in [0.25, 0.3) is 0 Å². The van der Waals surface area contributed by atoms with E-state index in [1.807, 2.05) is 30.5 Å². The summed E-state index contributed by atoms with van der Waals surface area (Å²) in [6, 6.07) is 13.3. The molecular weight excluding hydrogens is 312 g/mol. The van der Waals surface area contributed by atoms with Gasteiger partial charge in [0.1, 0.15) is 26.2 Å². The molecule has 120 valence electrons. The second-order valence-electron chi connectivity index (χ2n) is 5.72. The molecule has 0 radical (unpaired) electrons. The average molecular weight is 333 g/mol. The summed E-state index contributed by atoms with van der Waals surface area (Å²) in [4.78, 5) is 19.0. The van der Waals surface area contributed by atoms with Crippen LogP contribution in [-0.4, -0.2) is 38.6 Å². The van der Waals surface area contributed by atoms with Crippen LogP contribution in [0.2, 0.25) is 5.02 Å². The summed E-state index contributed by atoms with van der Waals surface area (Å²) in [6.07, 6.45) is 1.94. The van der Waals surface area contributed by atoms with Crippen LogP contribution in [0.5, 0.6) is 0 Å². The summed E-state index contributed by atoms with van der Waals surface area (Å²) in [7, 11) is 0. The number of rotatable bonds is 4. The van der Waals surface area contributed by atoms with E-state index in [0.29, 0.717) is 11.6 Å². The number of quaternary nitrogens is 1. The molecule has 0 unspecified atom stereocenters. The van der Waals surface area contributed by atoms with Crippen LogP contribution >= 0.6 is 11.6 Å². The van der Waals surface area contributed by atoms with E-state index in [0.717, 1.165) is 37.7 Å². The minimum Gasteiger partial charge on any atom is -0.321 e. The molecule has 2 heterocycles. The highest BCUT2D eigenvalue weighted by Crippen LogP contribution is 2.13. The lowest BCUT2D eigenvalue weighted by atomic mass is 10.3. The summed E-state index contributed by atoms with van der Waals surface area (Å²) in [5.41, 5.74) is 0.788. The molecule has 5 nitrogen and oxygen atoms in total. The van der Waals surface area contributed by atoms with E-state index >= 15 is 0 Å². The fraction of sp³-hybridized carbons (Fsp3) is 0.294. The molecule has 6 heteroatoms. The van der Waals surface area contributed by atoms with E-state index in [2.05, 4.69) is 21.3 Å². The van der Waals surface area contributed by atoms with Crippen molar-refractivity contribution in [2.45, 2.75) is 0 Å². The Labute approximate surface area is 140 Å². The zero-order valence-electron chi connectivity index (χ0n) is 12.9. The average Bonchev–Trinajstić information content (AvgIpc) is 2.58. The molecule has 0 saturated carbocycles. The van der Waals surface area contributed by atoms with Gasteiger partial charge < -0.3 is 10.2 Å². The molecule has 0 spiro atoms. The third kappa shape index (κ3) is 4.43. The van der Waals surface area contributed by atoms with Crippen molar-refractivity contribution in [3.63, 3.8) is 0 Å². The van der Waals surface area contributed by atoms with Crippen LogP contribution in [0.15, 0.2) is 48.7 Å². The lowest BCUT2D eigenvalue weighted by molar-refractivity contribution is -0.892. The second kappa shape index (κ2) is 7.44. The van der Waals surface area contributed by atoms with Crippen molar-refractivity contribution in [3.05, 3.63) is 53.7 Å². The number of aromatic nitrogens is 1. The minimum absolute atomic E-state index is 0.0436. The highest BCUT2D eigenvalue weighted by atomic mass is 35.5. The van der Waals surface area contributed by atoms with Crippen LogP contribution < -0.4 is 20.1 Å². The van der Waals surface area contributed by atoms with Crippen LogP contribution in [0.4, 0.5) is 11.5 Å². The van der Waals surface area contributed by atoms with E-state index in [1.165, 1.54) is 4.90 Å². The van der Waals surface area contributed by atoms with Gasteiger partial charge in [-0.1, -0.05) is 17.7 Å². The number of carbonyl (C=O) groups is 1. The fourth-order valence-corrected chi connectivity index (χ4v) is 2.91. The van der Waals surface area contributed by atoms with Crippen molar-refractivity contribution < 1.29 is 14.7 Å². The molecule has 1 aromatic carbocycles. The number of carbonyl (C=O) groups excluding carboxylic acids is 1. The van der Waals surface area contributed by atoms with E-state index in [1.54, 1.807) is 12.1 Å². The Morgan fingerprint density at radius 2 is 1.91 bits per heavy atom. The van der Waals surface area contributed by atoms with Gasteiger partial charge in [-0.05, 0) is 30.3 Å². The van der Waals surface area contributed by atoms with Crippen LogP contribution in [0, 0.1) is 0 Å². The second-order valence-corrected chi connectivity index (χ2v) is 6.15. The number of pyridine rings is 1. The molecule has 1 saturated heterocycles. The molecule has 1 aliphatic heterocycles. The van der Waals surface area contributed by atoms with Crippen molar-refractivity contribution >= 4 is 29.0 Å². The van der Waals surface area contributed by atoms with Crippen LogP contribution in [0.3, 0.4) is 0 Å². The molecule has 0 atom stereocenters. The van der Waals surface area contributed by atoms with Gasteiger partial charge in [-0.25, -0.2) is 4.98 Å². The number of H-pyrrole nitrogens is 1. The van der Waals surface area contributed by atoms with Gasteiger partial charge in [-0.3, -0.25) is 9.69 Å². The standard InChI is InChI=1S/C17H19ClN4O/c18-14-4-6-15(7-5-14)20-17(23)13-21-9-11-22(12-10-21)16-3-1-2-8-19-16/h1-8H,9-13H2,(H,20,23)/p+2. The van der Waals surface area contributed by atoms with Crippen LogP contribution in [0.1, 0.15) is 0 Å². The molecule has 0 bridgehead atoms. The lowest BCUT2D eigenvalue weighted by Crippen LogP contribution is -3.15. The monoisotopic (exact) mass is 332 g/mol. The summed E-state index contributed by atoms with van der Waals surface area (Å²) >= 11 is 5.84. The Kier molecular flexibility index (Phi) is 5.10. The van der Waals surface area contributed by atoms with Gasteiger partial charge in [-0.15, -0.1) is 0 Å². The number of halogens is 1. The Morgan fingerprint density at radius 3 is 2.57 bits per heavy atom. The fourth-order valence-electron chi connectivity index (χ4n) is 2.79. The maximum atomic E-state index is 12.1. The molecule has 3 N–H and O–H groups in total. The van der Waals surface area contributed by atoms with Gasteiger partial charge >= 0.3 is 0 Å². The van der Waals surface area contributed by atoms with Gasteiger partial charge in [0.15, 0.2) is 6.54 Å². The molecular formula is C17H21ClN4O+2. The first kappa shape index (κ1) is 15.8. The predicted molar refractivity (Wildman–Crippen MR) is 90.9 cm³/mol. The maximum Gasteiger partial charge on any atom is 0.279 e. The van der Waals surface area contributed by atoms with Crippen molar-refractivity contribution in [2.75, 3.05) is 42.9 Å². The molecule has 0 aliphatic carbocycles. The quantitative estimate of drug-likeness (QED) is 0.856. The van der Waals surface area contributed by atoms with Crippen LogP contribution in [-0.2, 0) is 4.79 Å². The number of nitrogens with one attached hydrogen (secondary N) is 3. The van der Waals surface area contributed by atoms with Gasteiger partial charge in [0.2, 0.25) is 0 Å². The lowest BCUT2D eigenvalue weighted by Gasteiger charge is -2.27. The van der Waals surface area contributed by atoms with Crippen molar-refractivity contribution in [2.24, 2.45) is 0 Å². The summed E-state index contributed by atoms with van der Waals surface area (Å²) in [5.74, 6) is 1.18. The van der Waals surface area contributed by atoms with E-state index in [9.17, 15) is 4.79 Å². The molecule has 1 fully saturated rings. The topological polar surface area (TPSA) is 50.9 Å². The predicted octanol–water partition coefficient (Wildman–Crippen LogP) is 0.498. The molecule has 3 rings (SSSR count). The van der Waals surface area contributed by atoms with E-state index < -0.39 is 0 Å². The van der Waals surface area contributed by atoms with Gasteiger partial charge in [0.25, 0.3) is 11.7 Å². The largest absolute Gasteiger partial charge is 0.321 e. The van der Waals surface area contributed by atoms with Crippen molar-refractivity contribution in [1.82, 2.24) is 0 Å². The first-order valence-corrected chi connectivity index (χ1v) is 8.19. The number of amides is 1. The molecule has 1 amide bonds. The first-order valence-electron chi connectivity index (χ1n) is 7.81. The Morgan fingerprint density at radius 1 is 1.17 bits per heavy atom. The number of hydrogen-bond donors (Lipinski definition) is 2. The Hall–Kier alpha value is -2.11. The number of benzene rings is 1. The summed E-state index contributed by atoms with van der Waals surface area (Å²) in [6.45, 7) is 4.30. The zero-order chi connectivity index (χ0) is 16.1. The molecule has 2 aromatic rings.